The Morgan fingerprint density at radius 2 is 1.52 bits per heavy atom. The van der Waals surface area contributed by atoms with Gasteiger partial charge in [0.25, 0.3) is 5.91 Å². The summed E-state index contributed by atoms with van der Waals surface area (Å²) in [5.74, 6) is 0.829. The van der Waals surface area contributed by atoms with Crippen LogP contribution in [0.15, 0.2) is 84.9 Å². The van der Waals surface area contributed by atoms with E-state index >= 15 is 0 Å². The molecule has 6 heteroatoms. The van der Waals surface area contributed by atoms with Crippen molar-refractivity contribution in [2.45, 2.75) is 13.0 Å². The third-order valence-corrected chi connectivity index (χ3v) is 4.98. The van der Waals surface area contributed by atoms with E-state index in [0.717, 1.165) is 22.4 Å². The van der Waals surface area contributed by atoms with Crippen LogP contribution < -0.4 is 10.2 Å². The van der Waals surface area contributed by atoms with Crippen LogP contribution in [0.1, 0.15) is 15.9 Å². The fourth-order valence-corrected chi connectivity index (χ4v) is 3.25. The third kappa shape index (κ3) is 4.98. The molecule has 1 heterocycles. The zero-order valence-corrected chi connectivity index (χ0v) is 17.7. The summed E-state index contributed by atoms with van der Waals surface area (Å²) in [6.07, 6.45) is 0.255. The number of hydrogen-bond acceptors (Lipinski definition) is 5. The number of nitrogens with zero attached hydrogens (tertiary/aromatic N) is 4. The van der Waals surface area contributed by atoms with E-state index in [1.54, 1.807) is 0 Å². The van der Waals surface area contributed by atoms with E-state index in [4.69, 9.17) is 0 Å². The van der Waals surface area contributed by atoms with E-state index in [1.807, 2.05) is 74.8 Å². The molecule has 6 nitrogen and oxygen atoms in total. The molecule has 0 spiro atoms. The van der Waals surface area contributed by atoms with Gasteiger partial charge in [0.1, 0.15) is 0 Å². The topological polar surface area (TPSA) is 63.0 Å². The van der Waals surface area contributed by atoms with Crippen molar-refractivity contribution in [3.63, 3.8) is 0 Å². The monoisotopic (exact) mass is 411 g/mol. The number of nitrogens with one attached hydrogen (secondary N) is 1. The number of carbonyl (C=O) groups excluding carboxylic acids is 1. The molecule has 0 aliphatic heterocycles. The molecule has 0 bridgehead atoms. The lowest BCUT2D eigenvalue weighted by atomic mass is 10.1. The predicted molar refractivity (Wildman–Crippen MR) is 124 cm³/mol. The molecule has 0 atom stereocenters. The molecule has 0 unspecified atom stereocenters. The molecule has 0 fully saturated rings. The van der Waals surface area contributed by atoms with Crippen molar-refractivity contribution in [2.75, 3.05) is 24.3 Å². The molecule has 0 amide bonds. The molecule has 0 aliphatic carbocycles. The Morgan fingerprint density at radius 1 is 0.871 bits per heavy atom. The molecule has 0 saturated carbocycles. The van der Waals surface area contributed by atoms with Crippen molar-refractivity contribution >= 4 is 17.5 Å². The van der Waals surface area contributed by atoms with Gasteiger partial charge >= 0.3 is 0 Å². The van der Waals surface area contributed by atoms with Crippen molar-refractivity contribution in [3.05, 3.63) is 96.1 Å². The number of aromatic nitrogens is 3. The van der Waals surface area contributed by atoms with E-state index in [2.05, 4.69) is 44.6 Å². The minimum absolute atomic E-state index is 0.133. The largest absolute Gasteiger partial charge is 0.378 e. The molecule has 1 aromatic heterocycles. The standard InChI is InChI=1S/C25H25N5O/c1-29(2)22-15-13-20(14-16-22)18-26-25-27-24(21-11-7-4-8-12-21)28-30(25)23(31)17-19-9-5-3-6-10-19/h3-16H,17-18H2,1-2H3,(H,26,27,28). The minimum Gasteiger partial charge on any atom is -0.378 e. The van der Waals surface area contributed by atoms with Gasteiger partial charge in [0, 0.05) is 31.9 Å². The van der Waals surface area contributed by atoms with Gasteiger partial charge in [-0.25, -0.2) is 0 Å². The second-order valence-corrected chi connectivity index (χ2v) is 7.51. The van der Waals surface area contributed by atoms with Gasteiger partial charge in [0.2, 0.25) is 5.95 Å². The summed E-state index contributed by atoms with van der Waals surface area (Å²) in [7, 11) is 4.03. The summed E-state index contributed by atoms with van der Waals surface area (Å²) < 4.78 is 1.38. The molecule has 31 heavy (non-hydrogen) atoms. The first-order valence-corrected chi connectivity index (χ1v) is 10.2. The maximum Gasteiger partial charge on any atom is 0.254 e. The van der Waals surface area contributed by atoms with Crippen molar-refractivity contribution in [1.82, 2.24) is 14.8 Å². The maximum absolute atomic E-state index is 13.0. The lowest BCUT2D eigenvalue weighted by molar-refractivity contribution is 0.0901. The second kappa shape index (κ2) is 9.26. The van der Waals surface area contributed by atoms with Crippen LogP contribution in [0.2, 0.25) is 0 Å². The van der Waals surface area contributed by atoms with Crippen molar-refractivity contribution < 1.29 is 4.79 Å². The summed E-state index contributed by atoms with van der Waals surface area (Å²) in [6, 6.07) is 27.6. The molecular formula is C25H25N5O. The first-order valence-electron chi connectivity index (χ1n) is 10.2. The highest BCUT2D eigenvalue weighted by molar-refractivity contribution is 5.83. The lowest BCUT2D eigenvalue weighted by Crippen LogP contribution is -2.18. The number of carbonyl (C=O) groups is 1. The van der Waals surface area contributed by atoms with Crippen LogP contribution >= 0.6 is 0 Å². The van der Waals surface area contributed by atoms with Crippen LogP contribution in [-0.2, 0) is 13.0 Å². The summed E-state index contributed by atoms with van der Waals surface area (Å²) >= 11 is 0. The van der Waals surface area contributed by atoms with E-state index in [1.165, 1.54) is 4.68 Å². The SMILES string of the molecule is CN(C)c1ccc(CNc2nc(-c3ccccc3)nn2C(=O)Cc2ccccc2)cc1. The van der Waals surface area contributed by atoms with Gasteiger partial charge in [-0.15, -0.1) is 5.10 Å². The summed E-state index contributed by atoms with van der Waals surface area (Å²) in [5.41, 5.74) is 4.04. The van der Waals surface area contributed by atoms with Crippen molar-refractivity contribution in [2.24, 2.45) is 0 Å². The van der Waals surface area contributed by atoms with Crippen LogP contribution in [0.25, 0.3) is 11.4 Å². The molecule has 0 saturated heterocycles. The molecule has 0 radical (unpaired) electrons. The fourth-order valence-electron chi connectivity index (χ4n) is 3.25. The molecule has 1 N–H and O–H groups in total. The third-order valence-electron chi connectivity index (χ3n) is 4.98. The van der Waals surface area contributed by atoms with E-state index in [0.29, 0.717) is 18.3 Å². The quantitative estimate of drug-likeness (QED) is 0.485. The Morgan fingerprint density at radius 3 is 2.16 bits per heavy atom. The number of benzene rings is 3. The number of hydrogen-bond donors (Lipinski definition) is 1. The minimum atomic E-state index is -0.133. The lowest BCUT2D eigenvalue weighted by Gasteiger charge is -2.13. The van der Waals surface area contributed by atoms with Crippen LogP contribution in [0.3, 0.4) is 0 Å². The van der Waals surface area contributed by atoms with Gasteiger partial charge in [0.15, 0.2) is 5.82 Å². The Kier molecular flexibility index (Phi) is 6.08. The molecule has 4 rings (SSSR count). The zero-order chi connectivity index (χ0) is 21.6. The Balaban J connectivity index is 1.58. The van der Waals surface area contributed by atoms with Crippen LogP contribution in [0, 0.1) is 0 Å². The van der Waals surface area contributed by atoms with Crippen molar-refractivity contribution in [1.29, 1.82) is 0 Å². The van der Waals surface area contributed by atoms with Gasteiger partial charge in [-0.3, -0.25) is 4.79 Å². The Hall–Kier alpha value is -3.93. The van der Waals surface area contributed by atoms with Crippen LogP contribution in [-0.4, -0.2) is 34.8 Å². The Bertz CT molecular complexity index is 1140. The average molecular weight is 412 g/mol. The van der Waals surface area contributed by atoms with Crippen LogP contribution in [0.5, 0.6) is 0 Å². The smallest absolute Gasteiger partial charge is 0.254 e. The first-order chi connectivity index (χ1) is 15.1. The highest BCUT2D eigenvalue weighted by atomic mass is 16.2. The second-order valence-electron chi connectivity index (χ2n) is 7.51. The Labute approximate surface area is 182 Å². The fraction of sp³-hybridized carbons (Fsp3) is 0.160. The summed E-state index contributed by atoms with van der Waals surface area (Å²) in [6.45, 7) is 0.541. The van der Waals surface area contributed by atoms with Gasteiger partial charge in [0.05, 0.1) is 6.42 Å². The molecular weight excluding hydrogens is 386 g/mol. The van der Waals surface area contributed by atoms with E-state index < -0.39 is 0 Å². The highest BCUT2D eigenvalue weighted by Gasteiger charge is 2.17. The molecule has 3 aromatic carbocycles. The zero-order valence-electron chi connectivity index (χ0n) is 17.7. The molecule has 156 valence electrons. The number of rotatable bonds is 7. The maximum atomic E-state index is 13.0. The highest BCUT2D eigenvalue weighted by Crippen LogP contribution is 2.19. The van der Waals surface area contributed by atoms with Crippen molar-refractivity contribution in [3.8, 4) is 11.4 Å². The number of anilines is 2. The normalized spacial score (nSPS) is 10.6. The van der Waals surface area contributed by atoms with E-state index in [-0.39, 0.29) is 12.3 Å². The van der Waals surface area contributed by atoms with Crippen LogP contribution in [0.4, 0.5) is 11.6 Å². The summed E-state index contributed by atoms with van der Waals surface area (Å²) in [5, 5.41) is 7.80. The predicted octanol–water partition coefficient (Wildman–Crippen LogP) is 4.51. The van der Waals surface area contributed by atoms with Gasteiger partial charge in [-0.2, -0.15) is 9.67 Å². The van der Waals surface area contributed by atoms with Gasteiger partial charge in [-0.1, -0.05) is 72.8 Å². The first kappa shape index (κ1) is 20.3. The van der Waals surface area contributed by atoms with Gasteiger partial charge in [-0.05, 0) is 23.3 Å². The summed E-state index contributed by atoms with van der Waals surface area (Å²) in [4.78, 5) is 19.7. The molecule has 4 aromatic rings. The molecule has 0 aliphatic rings. The van der Waals surface area contributed by atoms with Gasteiger partial charge < -0.3 is 10.2 Å². The van der Waals surface area contributed by atoms with E-state index in [9.17, 15) is 4.79 Å². The average Bonchev–Trinajstić information content (AvgIpc) is 3.24.